The molecule has 0 saturated carbocycles. The van der Waals surface area contributed by atoms with Gasteiger partial charge in [-0.1, -0.05) is 27.7 Å². The number of rotatable bonds is 5. The second-order valence-corrected chi connectivity index (χ2v) is 5.95. The predicted molar refractivity (Wildman–Crippen MR) is 76.0 cm³/mol. The fourth-order valence-electron chi connectivity index (χ4n) is 1.95. The summed E-state index contributed by atoms with van der Waals surface area (Å²) in [5, 5.41) is 4.50. The molecule has 1 heterocycles. The van der Waals surface area contributed by atoms with Crippen molar-refractivity contribution in [1.29, 1.82) is 0 Å². The molecule has 17 heavy (non-hydrogen) atoms. The minimum Gasteiger partial charge on any atom is -0.327 e. The van der Waals surface area contributed by atoms with Gasteiger partial charge < -0.3 is 5.73 Å². The summed E-state index contributed by atoms with van der Waals surface area (Å²) in [6.45, 7) is 8.79. The van der Waals surface area contributed by atoms with Crippen molar-refractivity contribution < 1.29 is 0 Å². The van der Waals surface area contributed by atoms with E-state index in [4.69, 9.17) is 5.73 Å². The highest BCUT2D eigenvalue weighted by Crippen LogP contribution is 2.25. The Labute approximate surface area is 113 Å². The maximum absolute atomic E-state index is 6.28. The molecular weight excluding hydrogens is 278 g/mol. The maximum Gasteiger partial charge on any atom is 0.0766 e. The zero-order valence-electron chi connectivity index (χ0n) is 11.5. The van der Waals surface area contributed by atoms with E-state index >= 15 is 0 Å². The summed E-state index contributed by atoms with van der Waals surface area (Å²) in [5.41, 5.74) is 8.60. The SMILES string of the molecule is CCc1nn(C)c(CC(N)C(C)C(C)C)c1Br. The Morgan fingerprint density at radius 3 is 2.35 bits per heavy atom. The molecule has 2 atom stereocenters. The van der Waals surface area contributed by atoms with Crippen molar-refractivity contribution in [1.82, 2.24) is 9.78 Å². The van der Waals surface area contributed by atoms with Gasteiger partial charge in [-0.2, -0.15) is 5.10 Å². The monoisotopic (exact) mass is 301 g/mol. The molecule has 98 valence electrons. The molecule has 0 radical (unpaired) electrons. The van der Waals surface area contributed by atoms with E-state index in [9.17, 15) is 0 Å². The van der Waals surface area contributed by atoms with Crippen molar-refractivity contribution in [2.45, 2.75) is 46.6 Å². The predicted octanol–water partition coefficient (Wildman–Crippen LogP) is 2.91. The zero-order chi connectivity index (χ0) is 13.2. The van der Waals surface area contributed by atoms with E-state index in [1.165, 1.54) is 5.69 Å². The number of nitrogens with zero attached hydrogens (tertiary/aromatic N) is 2. The zero-order valence-corrected chi connectivity index (χ0v) is 13.1. The van der Waals surface area contributed by atoms with Gasteiger partial charge in [0.2, 0.25) is 0 Å². The fourth-order valence-corrected chi connectivity index (χ4v) is 2.72. The van der Waals surface area contributed by atoms with E-state index < -0.39 is 0 Å². The highest BCUT2D eigenvalue weighted by molar-refractivity contribution is 9.10. The molecule has 0 aliphatic heterocycles. The molecule has 0 spiro atoms. The van der Waals surface area contributed by atoms with Gasteiger partial charge >= 0.3 is 0 Å². The van der Waals surface area contributed by atoms with Crippen LogP contribution in [0.15, 0.2) is 4.47 Å². The molecule has 1 aromatic rings. The molecule has 0 bridgehead atoms. The first-order valence-corrected chi connectivity index (χ1v) is 7.13. The first-order chi connectivity index (χ1) is 7.88. The number of aryl methyl sites for hydroxylation is 2. The summed E-state index contributed by atoms with van der Waals surface area (Å²) in [6.07, 6.45) is 1.83. The normalized spacial score (nSPS) is 15.3. The lowest BCUT2D eigenvalue weighted by Crippen LogP contribution is -2.34. The quantitative estimate of drug-likeness (QED) is 0.909. The van der Waals surface area contributed by atoms with Crippen molar-refractivity contribution in [3.8, 4) is 0 Å². The van der Waals surface area contributed by atoms with Crippen LogP contribution in [0.4, 0.5) is 0 Å². The van der Waals surface area contributed by atoms with Crippen LogP contribution in [-0.4, -0.2) is 15.8 Å². The van der Waals surface area contributed by atoms with Crippen LogP contribution in [0.3, 0.4) is 0 Å². The molecule has 0 saturated heterocycles. The summed E-state index contributed by atoms with van der Waals surface area (Å²) in [6, 6.07) is 0.186. The number of hydrogen-bond donors (Lipinski definition) is 1. The van der Waals surface area contributed by atoms with Crippen molar-refractivity contribution in [3.05, 3.63) is 15.9 Å². The molecule has 0 aliphatic carbocycles. The second kappa shape index (κ2) is 6.01. The molecule has 1 rings (SSSR count). The van der Waals surface area contributed by atoms with E-state index in [-0.39, 0.29) is 6.04 Å². The van der Waals surface area contributed by atoms with Gasteiger partial charge in [-0.15, -0.1) is 0 Å². The summed E-state index contributed by atoms with van der Waals surface area (Å²) in [7, 11) is 1.99. The molecule has 1 aromatic heterocycles. The lowest BCUT2D eigenvalue weighted by atomic mass is 9.88. The van der Waals surface area contributed by atoms with Crippen LogP contribution in [-0.2, 0) is 19.9 Å². The van der Waals surface area contributed by atoms with Crippen LogP contribution in [0, 0.1) is 11.8 Å². The van der Waals surface area contributed by atoms with Gasteiger partial charge in [-0.05, 0) is 34.2 Å². The second-order valence-electron chi connectivity index (χ2n) is 5.16. The highest BCUT2D eigenvalue weighted by Gasteiger charge is 2.21. The molecule has 4 heteroatoms. The maximum atomic E-state index is 6.28. The Balaban J connectivity index is 2.84. The number of aromatic nitrogens is 2. The first kappa shape index (κ1) is 14.7. The molecule has 0 aliphatic rings. The largest absolute Gasteiger partial charge is 0.327 e. The number of hydrogen-bond acceptors (Lipinski definition) is 2. The van der Waals surface area contributed by atoms with Crippen LogP contribution in [0.1, 0.15) is 39.1 Å². The van der Waals surface area contributed by atoms with Crippen LogP contribution in [0.5, 0.6) is 0 Å². The summed E-state index contributed by atoms with van der Waals surface area (Å²) in [4.78, 5) is 0. The van der Waals surface area contributed by atoms with Crippen LogP contribution in [0.2, 0.25) is 0 Å². The smallest absolute Gasteiger partial charge is 0.0766 e. The Morgan fingerprint density at radius 2 is 1.94 bits per heavy atom. The molecule has 0 amide bonds. The summed E-state index contributed by atoms with van der Waals surface area (Å²) >= 11 is 3.64. The van der Waals surface area contributed by atoms with Crippen molar-refractivity contribution >= 4 is 15.9 Å². The number of nitrogens with two attached hydrogens (primary N) is 1. The lowest BCUT2D eigenvalue weighted by Gasteiger charge is -2.23. The molecule has 0 fully saturated rings. The molecule has 0 aromatic carbocycles. The average Bonchev–Trinajstić information content (AvgIpc) is 2.55. The minimum absolute atomic E-state index is 0.186. The summed E-state index contributed by atoms with van der Waals surface area (Å²) < 4.78 is 3.09. The van der Waals surface area contributed by atoms with Crippen LogP contribution >= 0.6 is 15.9 Å². The minimum atomic E-state index is 0.186. The van der Waals surface area contributed by atoms with E-state index in [1.807, 2.05) is 11.7 Å². The highest BCUT2D eigenvalue weighted by atomic mass is 79.9. The van der Waals surface area contributed by atoms with Crippen molar-refractivity contribution in [3.63, 3.8) is 0 Å². The number of halogens is 1. The van der Waals surface area contributed by atoms with E-state index in [0.29, 0.717) is 11.8 Å². The van der Waals surface area contributed by atoms with Gasteiger partial charge in [0, 0.05) is 19.5 Å². The third kappa shape index (κ3) is 3.32. The lowest BCUT2D eigenvalue weighted by molar-refractivity contribution is 0.340. The average molecular weight is 302 g/mol. The third-order valence-electron chi connectivity index (χ3n) is 3.66. The van der Waals surface area contributed by atoms with Crippen molar-refractivity contribution in [2.24, 2.45) is 24.6 Å². The van der Waals surface area contributed by atoms with Crippen molar-refractivity contribution in [2.75, 3.05) is 0 Å². The van der Waals surface area contributed by atoms with E-state index in [1.54, 1.807) is 0 Å². The Bertz CT molecular complexity index is 371. The molecule has 3 nitrogen and oxygen atoms in total. The van der Waals surface area contributed by atoms with Crippen LogP contribution in [0.25, 0.3) is 0 Å². The molecule has 2 N–H and O–H groups in total. The molecular formula is C13H24BrN3. The van der Waals surface area contributed by atoms with Gasteiger partial charge in [0.15, 0.2) is 0 Å². The third-order valence-corrected chi connectivity index (χ3v) is 4.57. The van der Waals surface area contributed by atoms with E-state index in [0.717, 1.165) is 23.0 Å². The Hall–Kier alpha value is -0.350. The Morgan fingerprint density at radius 1 is 1.35 bits per heavy atom. The molecule has 2 unspecified atom stereocenters. The van der Waals surface area contributed by atoms with Gasteiger partial charge in [-0.25, -0.2) is 0 Å². The first-order valence-electron chi connectivity index (χ1n) is 6.34. The summed E-state index contributed by atoms with van der Waals surface area (Å²) in [5.74, 6) is 1.13. The standard InChI is InChI=1S/C13H24BrN3/c1-6-11-13(14)12(17(5)16-11)7-10(15)9(4)8(2)3/h8-10H,6-7,15H2,1-5H3. The Kier molecular flexibility index (Phi) is 5.20. The topological polar surface area (TPSA) is 43.8 Å². The fraction of sp³-hybridized carbons (Fsp3) is 0.769. The van der Waals surface area contributed by atoms with Gasteiger partial charge in [0.1, 0.15) is 0 Å². The van der Waals surface area contributed by atoms with Gasteiger partial charge in [0.25, 0.3) is 0 Å². The van der Waals surface area contributed by atoms with E-state index in [2.05, 4.69) is 48.7 Å². The van der Waals surface area contributed by atoms with Gasteiger partial charge in [0.05, 0.1) is 15.9 Å². The van der Waals surface area contributed by atoms with Gasteiger partial charge in [-0.3, -0.25) is 4.68 Å². The van der Waals surface area contributed by atoms with Crippen LogP contribution < -0.4 is 5.73 Å².